The highest BCUT2D eigenvalue weighted by atomic mass is 19.4. The van der Waals surface area contributed by atoms with Gasteiger partial charge in [-0.25, -0.2) is 23.9 Å². The molecular weight excluding hydrogens is 570 g/mol. The normalized spacial score (nSPS) is 17.6. The van der Waals surface area contributed by atoms with Crippen LogP contribution in [-0.4, -0.2) is 71.0 Å². The second kappa shape index (κ2) is 12.0. The Morgan fingerprint density at radius 1 is 1.05 bits per heavy atom. The summed E-state index contributed by atoms with van der Waals surface area (Å²) in [4.78, 5) is 37.3. The lowest BCUT2D eigenvalue weighted by Crippen LogP contribution is -2.36. The van der Waals surface area contributed by atoms with E-state index in [0.29, 0.717) is 50.0 Å². The molecular formula is C30H37F4N5O4. The number of aromatic nitrogens is 2. The SMILES string of the molecule is CC(C)(C)OC(=O)NCC1CCN(c2nc(-c3ccc(C(F)(F)F)cc3F)ncc2C2=CCN(C(=O)OC(C)(C)C)C2)C1. The van der Waals surface area contributed by atoms with E-state index in [2.05, 4.69) is 15.3 Å². The molecule has 1 unspecified atom stereocenters. The molecule has 4 rings (SSSR count). The fourth-order valence-electron chi connectivity index (χ4n) is 4.79. The summed E-state index contributed by atoms with van der Waals surface area (Å²) in [5, 5.41) is 2.79. The molecule has 1 saturated heterocycles. The Labute approximate surface area is 248 Å². The highest BCUT2D eigenvalue weighted by molar-refractivity contribution is 5.82. The van der Waals surface area contributed by atoms with Gasteiger partial charge in [0, 0.05) is 44.5 Å². The van der Waals surface area contributed by atoms with Crippen LogP contribution in [0, 0.1) is 11.7 Å². The van der Waals surface area contributed by atoms with Crippen molar-refractivity contribution in [1.82, 2.24) is 20.2 Å². The largest absolute Gasteiger partial charge is 0.444 e. The van der Waals surface area contributed by atoms with Gasteiger partial charge in [0.25, 0.3) is 0 Å². The first-order valence-corrected chi connectivity index (χ1v) is 14.0. The van der Waals surface area contributed by atoms with Gasteiger partial charge in [0.2, 0.25) is 0 Å². The number of alkyl carbamates (subject to hydrolysis) is 1. The zero-order valence-electron chi connectivity index (χ0n) is 25.1. The molecule has 1 aromatic heterocycles. The molecule has 0 bridgehead atoms. The number of halogens is 4. The van der Waals surface area contributed by atoms with Crippen molar-refractivity contribution in [1.29, 1.82) is 0 Å². The minimum absolute atomic E-state index is 0.0532. The molecule has 0 radical (unpaired) electrons. The van der Waals surface area contributed by atoms with Gasteiger partial charge in [-0.2, -0.15) is 13.2 Å². The first-order valence-electron chi connectivity index (χ1n) is 14.0. The summed E-state index contributed by atoms with van der Waals surface area (Å²) in [6.45, 7) is 12.6. The lowest BCUT2D eigenvalue weighted by Gasteiger charge is -2.25. The number of benzene rings is 1. The summed E-state index contributed by atoms with van der Waals surface area (Å²) in [6.07, 6.45) is -1.60. The Hall–Kier alpha value is -3.90. The lowest BCUT2D eigenvalue weighted by molar-refractivity contribution is -0.137. The van der Waals surface area contributed by atoms with Crippen LogP contribution < -0.4 is 10.2 Å². The number of rotatable bonds is 5. The third kappa shape index (κ3) is 8.35. The van der Waals surface area contributed by atoms with Gasteiger partial charge < -0.3 is 24.6 Å². The highest BCUT2D eigenvalue weighted by Crippen LogP contribution is 2.36. The van der Waals surface area contributed by atoms with Crippen molar-refractivity contribution in [3.05, 3.63) is 47.4 Å². The van der Waals surface area contributed by atoms with E-state index >= 15 is 0 Å². The fourth-order valence-corrected chi connectivity index (χ4v) is 4.79. The van der Waals surface area contributed by atoms with Crippen molar-refractivity contribution in [2.24, 2.45) is 5.92 Å². The Kier molecular flexibility index (Phi) is 8.94. The van der Waals surface area contributed by atoms with E-state index in [4.69, 9.17) is 9.47 Å². The third-order valence-corrected chi connectivity index (χ3v) is 6.74. The Bertz CT molecular complexity index is 1400. The molecule has 2 aliphatic heterocycles. The number of ether oxygens (including phenoxy) is 2. The van der Waals surface area contributed by atoms with Crippen LogP contribution in [0.1, 0.15) is 59.1 Å². The number of nitrogens with zero attached hydrogens (tertiary/aromatic N) is 4. The Morgan fingerprint density at radius 2 is 1.74 bits per heavy atom. The summed E-state index contributed by atoms with van der Waals surface area (Å²) in [5.41, 5.74) is -1.20. The van der Waals surface area contributed by atoms with Gasteiger partial charge in [0.1, 0.15) is 22.8 Å². The second-order valence-electron chi connectivity index (χ2n) is 12.7. The molecule has 13 heteroatoms. The van der Waals surface area contributed by atoms with Crippen molar-refractivity contribution in [3.8, 4) is 11.4 Å². The number of amides is 2. The molecule has 1 aromatic carbocycles. The highest BCUT2D eigenvalue weighted by Gasteiger charge is 2.33. The van der Waals surface area contributed by atoms with Crippen molar-refractivity contribution >= 4 is 23.6 Å². The van der Waals surface area contributed by atoms with Crippen molar-refractivity contribution in [2.75, 3.05) is 37.6 Å². The van der Waals surface area contributed by atoms with Gasteiger partial charge in [-0.1, -0.05) is 6.08 Å². The number of alkyl halides is 3. The zero-order valence-corrected chi connectivity index (χ0v) is 25.1. The van der Waals surface area contributed by atoms with Crippen LogP contribution >= 0.6 is 0 Å². The van der Waals surface area contributed by atoms with E-state index in [1.165, 1.54) is 11.1 Å². The van der Waals surface area contributed by atoms with E-state index in [1.54, 1.807) is 41.5 Å². The Balaban J connectivity index is 1.60. The van der Waals surface area contributed by atoms with Crippen LogP contribution in [0.15, 0.2) is 30.5 Å². The van der Waals surface area contributed by atoms with Gasteiger partial charge in [-0.05, 0) is 77.7 Å². The fraction of sp³-hybridized carbons (Fsp3) is 0.533. The average molecular weight is 608 g/mol. The monoisotopic (exact) mass is 607 g/mol. The molecule has 2 aliphatic rings. The second-order valence-corrected chi connectivity index (χ2v) is 12.7. The van der Waals surface area contributed by atoms with Gasteiger partial charge in [-0.3, -0.25) is 0 Å². The van der Waals surface area contributed by atoms with E-state index in [0.717, 1.165) is 17.7 Å². The quantitative estimate of drug-likeness (QED) is 0.400. The van der Waals surface area contributed by atoms with E-state index in [9.17, 15) is 27.2 Å². The molecule has 1 fully saturated rings. The predicted octanol–water partition coefficient (Wildman–Crippen LogP) is 6.29. The maximum atomic E-state index is 14.9. The molecule has 9 nitrogen and oxygen atoms in total. The number of carbonyl (C=O) groups excluding carboxylic acids is 2. The van der Waals surface area contributed by atoms with Gasteiger partial charge >= 0.3 is 18.4 Å². The topological polar surface area (TPSA) is 96.9 Å². The molecule has 1 N–H and O–H groups in total. The predicted molar refractivity (Wildman–Crippen MR) is 153 cm³/mol. The smallest absolute Gasteiger partial charge is 0.416 e. The average Bonchev–Trinajstić information content (AvgIpc) is 3.55. The van der Waals surface area contributed by atoms with Gasteiger partial charge in [0.15, 0.2) is 5.82 Å². The summed E-state index contributed by atoms with van der Waals surface area (Å²) in [7, 11) is 0. The van der Waals surface area contributed by atoms with Crippen LogP contribution in [0.4, 0.5) is 33.0 Å². The third-order valence-electron chi connectivity index (χ3n) is 6.74. The van der Waals surface area contributed by atoms with Crippen molar-refractivity contribution < 1.29 is 36.6 Å². The molecule has 234 valence electrons. The van der Waals surface area contributed by atoms with E-state index < -0.39 is 40.9 Å². The lowest BCUT2D eigenvalue weighted by atomic mass is 10.1. The summed E-state index contributed by atoms with van der Waals surface area (Å²) >= 11 is 0. The Morgan fingerprint density at radius 3 is 2.37 bits per heavy atom. The minimum atomic E-state index is -4.69. The maximum absolute atomic E-state index is 14.9. The molecule has 43 heavy (non-hydrogen) atoms. The molecule has 2 aromatic rings. The summed E-state index contributed by atoms with van der Waals surface area (Å²) in [6, 6.07) is 2.24. The van der Waals surface area contributed by atoms with Crippen molar-refractivity contribution in [2.45, 2.75) is 65.3 Å². The first kappa shape index (κ1) is 32.0. The number of anilines is 1. The molecule has 0 saturated carbocycles. The van der Waals surface area contributed by atoms with Crippen LogP contribution in [-0.2, 0) is 15.7 Å². The molecule has 0 aliphatic carbocycles. The minimum Gasteiger partial charge on any atom is -0.444 e. The molecule has 2 amide bonds. The van der Waals surface area contributed by atoms with Crippen molar-refractivity contribution in [3.63, 3.8) is 0 Å². The van der Waals surface area contributed by atoms with E-state index in [-0.39, 0.29) is 23.9 Å². The molecule has 0 spiro atoms. The van der Waals surface area contributed by atoms with Gasteiger partial charge in [-0.15, -0.1) is 0 Å². The number of hydrogen-bond donors (Lipinski definition) is 1. The van der Waals surface area contributed by atoms with Crippen LogP contribution in [0.5, 0.6) is 0 Å². The van der Waals surface area contributed by atoms with Crippen LogP contribution in [0.25, 0.3) is 17.0 Å². The van der Waals surface area contributed by atoms with E-state index in [1.807, 2.05) is 11.0 Å². The van der Waals surface area contributed by atoms with Crippen LogP contribution in [0.2, 0.25) is 0 Å². The summed E-state index contributed by atoms with van der Waals surface area (Å²) < 4.78 is 65.1. The number of nitrogens with one attached hydrogen (secondary N) is 1. The number of hydrogen-bond acceptors (Lipinski definition) is 7. The van der Waals surface area contributed by atoms with Gasteiger partial charge in [0.05, 0.1) is 11.1 Å². The first-order chi connectivity index (χ1) is 19.9. The van der Waals surface area contributed by atoms with Crippen LogP contribution in [0.3, 0.4) is 0 Å². The molecule has 1 atom stereocenters. The number of carbonyl (C=O) groups is 2. The zero-order chi connectivity index (χ0) is 31.7. The maximum Gasteiger partial charge on any atom is 0.416 e. The summed E-state index contributed by atoms with van der Waals surface area (Å²) in [5.74, 6) is -0.646. The standard InChI is InChI=1S/C30H37F4N5O4/c1-28(2,3)42-26(40)36-14-18-9-11-38(16-18)25-22(19-10-12-39(17-19)27(41)43-29(4,5)6)15-35-24(37-25)21-8-7-20(13-23(21)31)30(32,33)34/h7-8,10,13,15,18H,9,11-12,14,16-17H2,1-6H3,(H,36,40). The molecule has 3 heterocycles.